The van der Waals surface area contributed by atoms with E-state index in [4.69, 9.17) is 28.3 Å². The Morgan fingerprint density at radius 2 is 1.60 bits per heavy atom. The first-order chi connectivity index (χ1) is 9.42. The second-order valence-electron chi connectivity index (χ2n) is 4.05. The van der Waals surface area contributed by atoms with Crippen LogP contribution in [0.25, 0.3) is 0 Å². The van der Waals surface area contributed by atoms with Gasteiger partial charge in [0.15, 0.2) is 0 Å². The highest BCUT2D eigenvalue weighted by atomic mass is 35.5. The van der Waals surface area contributed by atoms with Crippen molar-refractivity contribution >= 4 is 40.8 Å². The van der Waals surface area contributed by atoms with E-state index in [1.165, 1.54) is 0 Å². The number of nitrogens with one attached hydrogen (secondary N) is 1. The first-order valence-electron chi connectivity index (χ1n) is 6.13. The topological polar surface area (TPSA) is 66.4 Å². The molecule has 1 aromatic rings. The van der Waals surface area contributed by atoms with Crippen LogP contribution in [-0.2, 0) is 22.4 Å². The second kappa shape index (κ2) is 7.31. The average molecular weight is 316 g/mol. The van der Waals surface area contributed by atoms with Gasteiger partial charge in [0.1, 0.15) is 10.1 Å². The number of halogens is 2. The fourth-order valence-electron chi connectivity index (χ4n) is 1.77. The fraction of sp³-hybridized carbons (Fsp3) is 0.286. The number of aryl methyl sites for hydroxylation is 2. The van der Waals surface area contributed by atoms with Crippen molar-refractivity contribution in [1.82, 2.24) is 0 Å². The van der Waals surface area contributed by atoms with E-state index in [9.17, 15) is 9.59 Å². The van der Waals surface area contributed by atoms with Crippen LogP contribution in [-0.4, -0.2) is 17.0 Å². The number of benzene rings is 1. The first kappa shape index (κ1) is 16.5. The Bertz CT molecular complexity index is 545. The van der Waals surface area contributed by atoms with Crippen molar-refractivity contribution in [2.45, 2.75) is 26.7 Å². The summed E-state index contributed by atoms with van der Waals surface area (Å²) in [6, 6.07) is 5.70. The highest BCUT2D eigenvalue weighted by molar-refractivity contribution is 6.54. The van der Waals surface area contributed by atoms with Crippen LogP contribution >= 0.6 is 23.2 Å². The minimum atomic E-state index is -1.44. The van der Waals surface area contributed by atoms with Crippen LogP contribution in [0.3, 0.4) is 0 Å². The van der Waals surface area contributed by atoms with Gasteiger partial charge in [0, 0.05) is 5.69 Å². The molecule has 0 unspecified atom stereocenters. The zero-order valence-electron chi connectivity index (χ0n) is 11.2. The van der Waals surface area contributed by atoms with Gasteiger partial charge in [-0.25, -0.2) is 4.79 Å². The van der Waals surface area contributed by atoms with Crippen molar-refractivity contribution in [2.75, 3.05) is 5.32 Å². The summed E-state index contributed by atoms with van der Waals surface area (Å²) in [5, 5.41) is 10.1. The number of hydrogen-bond acceptors (Lipinski definition) is 2. The number of aliphatic carboxylic acids is 1. The van der Waals surface area contributed by atoms with Crippen LogP contribution in [0.5, 0.6) is 0 Å². The molecular weight excluding hydrogens is 301 g/mol. The molecule has 1 rings (SSSR count). The molecule has 0 fully saturated rings. The zero-order chi connectivity index (χ0) is 15.3. The molecule has 2 N–H and O–H groups in total. The van der Waals surface area contributed by atoms with Crippen LogP contribution in [0.1, 0.15) is 25.0 Å². The minimum Gasteiger partial charge on any atom is -0.477 e. The standard InChI is InChI=1S/C14H15Cl2NO3/c1-3-8-6-5-7-9(4-2)12(8)17-13(18)10(15)11(16)14(19)20/h5-7H,3-4H2,1-2H3,(H,17,18)(H,19,20)/b11-10-. The van der Waals surface area contributed by atoms with Gasteiger partial charge in [-0.05, 0) is 24.0 Å². The summed E-state index contributed by atoms with van der Waals surface area (Å²) in [5.74, 6) is -2.17. The van der Waals surface area contributed by atoms with Crippen LogP contribution in [0.2, 0.25) is 0 Å². The van der Waals surface area contributed by atoms with Crippen LogP contribution in [0.4, 0.5) is 5.69 Å². The average Bonchev–Trinajstić information content (AvgIpc) is 2.45. The number of rotatable bonds is 5. The molecule has 0 bridgehead atoms. The normalized spacial score (nSPS) is 11.8. The molecule has 0 atom stereocenters. The number of para-hydroxylation sites is 1. The lowest BCUT2D eigenvalue weighted by molar-refractivity contribution is -0.132. The molecule has 0 radical (unpaired) electrons. The summed E-state index contributed by atoms with van der Waals surface area (Å²) in [6.07, 6.45) is 1.47. The third kappa shape index (κ3) is 3.74. The van der Waals surface area contributed by atoms with Crippen molar-refractivity contribution < 1.29 is 14.7 Å². The Balaban J connectivity index is 3.14. The minimum absolute atomic E-state index is 0.535. The van der Waals surface area contributed by atoms with Crippen molar-refractivity contribution in [1.29, 1.82) is 0 Å². The van der Waals surface area contributed by atoms with Crippen LogP contribution < -0.4 is 5.32 Å². The Kier molecular flexibility index (Phi) is 6.05. The van der Waals surface area contributed by atoms with E-state index in [0.29, 0.717) is 5.69 Å². The van der Waals surface area contributed by atoms with Gasteiger partial charge in [-0.3, -0.25) is 4.79 Å². The Labute approximate surface area is 127 Å². The molecule has 0 aliphatic heterocycles. The number of carboxylic acid groups (broad SMARTS) is 1. The number of carboxylic acids is 1. The van der Waals surface area contributed by atoms with E-state index in [0.717, 1.165) is 24.0 Å². The maximum atomic E-state index is 11.9. The smallest absolute Gasteiger partial charge is 0.349 e. The Morgan fingerprint density at radius 1 is 1.10 bits per heavy atom. The molecule has 0 spiro atoms. The van der Waals surface area contributed by atoms with E-state index in [-0.39, 0.29) is 0 Å². The molecule has 0 saturated carbocycles. The van der Waals surface area contributed by atoms with Crippen LogP contribution in [0.15, 0.2) is 28.3 Å². The van der Waals surface area contributed by atoms with Crippen molar-refractivity contribution in [2.24, 2.45) is 0 Å². The van der Waals surface area contributed by atoms with Crippen LogP contribution in [0, 0.1) is 0 Å². The highest BCUT2D eigenvalue weighted by Gasteiger charge is 2.19. The molecule has 0 aliphatic carbocycles. The van der Waals surface area contributed by atoms with Gasteiger partial charge in [0.25, 0.3) is 5.91 Å². The lowest BCUT2D eigenvalue weighted by atomic mass is 10.0. The molecular formula is C14H15Cl2NO3. The molecule has 4 nitrogen and oxygen atoms in total. The monoisotopic (exact) mass is 315 g/mol. The third-order valence-electron chi connectivity index (χ3n) is 2.82. The van der Waals surface area contributed by atoms with Gasteiger partial charge >= 0.3 is 5.97 Å². The molecule has 1 aromatic carbocycles. The van der Waals surface area contributed by atoms with E-state index >= 15 is 0 Å². The van der Waals surface area contributed by atoms with E-state index in [2.05, 4.69) is 5.32 Å². The van der Waals surface area contributed by atoms with Gasteiger partial charge in [-0.1, -0.05) is 55.2 Å². The predicted octanol–water partition coefficient (Wildman–Crippen LogP) is 3.52. The molecule has 0 aliphatic rings. The highest BCUT2D eigenvalue weighted by Crippen LogP contribution is 2.24. The summed E-state index contributed by atoms with van der Waals surface area (Å²) in [4.78, 5) is 22.6. The largest absolute Gasteiger partial charge is 0.477 e. The molecule has 108 valence electrons. The maximum Gasteiger partial charge on any atom is 0.349 e. The number of amides is 1. The van der Waals surface area contributed by atoms with Crippen molar-refractivity contribution in [3.05, 3.63) is 39.4 Å². The molecule has 0 saturated heterocycles. The summed E-state index contributed by atoms with van der Waals surface area (Å²) in [6.45, 7) is 3.93. The predicted molar refractivity (Wildman–Crippen MR) is 80.2 cm³/mol. The summed E-state index contributed by atoms with van der Waals surface area (Å²) >= 11 is 11.1. The fourth-order valence-corrected chi connectivity index (χ4v) is 1.98. The number of anilines is 1. The molecule has 20 heavy (non-hydrogen) atoms. The maximum absolute atomic E-state index is 11.9. The number of carbonyl (C=O) groups excluding carboxylic acids is 1. The summed E-state index contributed by atoms with van der Waals surface area (Å²) in [5.41, 5.74) is 2.57. The number of hydrogen-bond donors (Lipinski definition) is 2. The Morgan fingerprint density at radius 3 is 2.00 bits per heavy atom. The van der Waals surface area contributed by atoms with E-state index in [1.807, 2.05) is 32.0 Å². The van der Waals surface area contributed by atoms with E-state index < -0.39 is 21.9 Å². The lowest BCUT2D eigenvalue weighted by Gasteiger charge is -2.14. The molecule has 6 heteroatoms. The quantitative estimate of drug-likeness (QED) is 0.817. The third-order valence-corrected chi connectivity index (χ3v) is 3.63. The molecule has 1 amide bonds. The summed E-state index contributed by atoms with van der Waals surface area (Å²) < 4.78 is 0. The van der Waals surface area contributed by atoms with Gasteiger partial charge in [0.2, 0.25) is 0 Å². The van der Waals surface area contributed by atoms with Gasteiger partial charge < -0.3 is 10.4 Å². The SMILES string of the molecule is CCc1cccc(CC)c1NC(=O)/C(Cl)=C(/Cl)C(=O)O. The second-order valence-corrected chi connectivity index (χ2v) is 4.80. The van der Waals surface area contributed by atoms with Gasteiger partial charge in [0.05, 0.1) is 0 Å². The zero-order valence-corrected chi connectivity index (χ0v) is 12.7. The molecule has 0 heterocycles. The van der Waals surface area contributed by atoms with Crippen molar-refractivity contribution in [3.8, 4) is 0 Å². The summed E-state index contributed by atoms with van der Waals surface area (Å²) in [7, 11) is 0. The first-order valence-corrected chi connectivity index (χ1v) is 6.88. The molecule has 0 aromatic heterocycles. The lowest BCUT2D eigenvalue weighted by Crippen LogP contribution is -2.16. The Hall–Kier alpha value is -1.52. The van der Waals surface area contributed by atoms with Gasteiger partial charge in [-0.15, -0.1) is 0 Å². The number of carbonyl (C=O) groups is 2. The van der Waals surface area contributed by atoms with Crippen molar-refractivity contribution in [3.63, 3.8) is 0 Å². The van der Waals surface area contributed by atoms with Gasteiger partial charge in [-0.2, -0.15) is 0 Å². The van der Waals surface area contributed by atoms with E-state index in [1.54, 1.807) is 0 Å².